The summed E-state index contributed by atoms with van der Waals surface area (Å²) in [5.41, 5.74) is 2.21. The molecule has 150 valence electrons. The molecule has 2 heterocycles. The summed E-state index contributed by atoms with van der Waals surface area (Å²) in [6.07, 6.45) is 6.45. The van der Waals surface area contributed by atoms with Crippen LogP contribution in [-0.2, 0) is 0 Å². The van der Waals surface area contributed by atoms with Gasteiger partial charge in [0.05, 0.1) is 18.2 Å². The number of benzene rings is 2. The monoisotopic (exact) mass is 390 g/mol. The van der Waals surface area contributed by atoms with Crippen LogP contribution in [0.5, 0.6) is 5.75 Å². The van der Waals surface area contributed by atoms with Gasteiger partial charge in [-0.3, -0.25) is 4.90 Å². The van der Waals surface area contributed by atoms with Gasteiger partial charge in [-0.25, -0.2) is 4.79 Å². The zero-order valence-corrected chi connectivity index (χ0v) is 16.6. The molecular weight excluding hydrogens is 364 g/mol. The van der Waals surface area contributed by atoms with E-state index in [4.69, 9.17) is 9.15 Å². The molecule has 5 nitrogen and oxygen atoms in total. The number of piperidine rings is 1. The largest absolute Gasteiger partial charge is 0.496 e. The third-order valence-corrected chi connectivity index (χ3v) is 5.37. The van der Waals surface area contributed by atoms with Crippen LogP contribution in [0.15, 0.2) is 69.9 Å². The SMILES string of the molecule is COc1cccc2oc(=O)cc(NC3CCN(C/C=C/c4ccccc4)CC3)c12. The molecule has 5 heteroatoms. The molecular formula is C24H26N2O3. The van der Waals surface area contributed by atoms with Crippen molar-refractivity contribution in [2.75, 3.05) is 32.1 Å². The molecule has 1 aliphatic heterocycles. The minimum Gasteiger partial charge on any atom is -0.496 e. The summed E-state index contributed by atoms with van der Waals surface area (Å²) in [5.74, 6) is 0.706. The van der Waals surface area contributed by atoms with Crippen molar-refractivity contribution in [3.63, 3.8) is 0 Å². The molecule has 1 fully saturated rings. The van der Waals surface area contributed by atoms with E-state index in [0.29, 0.717) is 17.4 Å². The fourth-order valence-electron chi connectivity index (χ4n) is 3.86. The molecule has 0 amide bonds. The highest BCUT2D eigenvalue weighted by atomic mass is 16.5. The summed E-state index contributed by atoms with van der Waals surface area (Å²) < 4.78 is 10.8. The molecule has 1 aliphatic rings. The maximum Gasteiger partial charge on any atom is 0.338 e. The standard InChI is InChI=1S/C24H26N2O3/c1-28-21-10-5-11-22-24(21)20(17-23(27)29-22)25-19-12-15-26(16-13-19)14-6-9-18-7-3-2-4-8-18/h2-11,17,19,25H,12-16H2,1H3/b9-6+. The second kappa shape index (κ2) is 8.97. The van der Waals surface area contributed by atoms with Crippen molar-refractivity contribution in [1.82, 2.24) is 4.90 Å². The summed E-state index contributed by atoms with van der Waals surface area (Å²) in [4.78, 5) is 14.4. The molecule has 0 radical (unpaired) electrons. The molecule has 0 bridgehead atoms. The molecule has 0 aliphatic carbocycles. The van der Waals surface area contributed by atoms with Crippen LogP contribution in [0, 0.1) is 0 Å². The van der Waals surface area contributed by atoms with Gasteiger partial charge < -0.3 is 14.5 Å². The van der Waals surface area contributed by atoms with Crippen molar-refractivity contribution in [2.45, 2.75) is 18.9 Å². The van der Waals surface area contributed by atoms with Gasteiger partial charge in [-0.1, -0.05) is 48.6 Å². The van der Waals surface area contributed by atoms with Crippen molar-refractivity contribution in [2.24, 2.45) is 0 Å². The van der Waals surface area contributed by atoms with Crippen LogP contribution in [0.1, 0.15) is 18.4 Å². The minimum atomic E-state index is -0.350. The molecule has 4 rings (SSSR count). The highest BCUT2D eigenvalue weighted by Crippen LogP contribution is 2.32. The Bertz CT molecular complexity index is 1030. The van der Waals surface area contributed by atoms with E-state index in [1.54, 1.807) is 13.2 Å². The lowest BCUT2D eigenvalue weighted by molar-refractivity contribution is 0.240. The molecule has 3 aromatic rings. The van der Waals surface area contributed by atoms with Gasteiger partial charge in [-0.15, -0.1) is 0 Å². The zero-order valence-electron chi connectivity index (χ0n) is 16.6. The van der Waals surface area contributed by atoms with Crippen LogP contribution in [-0.4, -0.2) is 37.7 Å². The maximum absolute atomic E-state index is 12.0. The number of anilines is 1. The minimum absolute atomic E-state index is 0.319. The fourth-order valence-corrected chi connectivity index (χ4v) is 3.86. The fraction of sp³-hybridized carbons (Fsp3) is 0.292. The first-order chi connectivity index (χ1) is 14.2. The number of hydrogen-bond acceptors (Lipinski definition) is 5. The highest BCUT2D eigenvalue weighted by Gasteiger charge is 2.20. The van der Waals surface area contributed by atoms with Crippen molar-refractivity contribution < 1.29 is 9.15 Å². The van der Waals surface area contributed by atoms with Crippen LogP contribution in [0.3, 0.4) is 0 Å². The lowest BCUT2D eigenvalue weighted by Crippen LogP contribution is -2.39. The van der Waals surface area contributed by atoms with E-state index in [0.717, 1.165) is 43.5 Å². The summed E-state index contributed by atoms with van der Waals surface area (Å²) in [6, 6.07) is 17.7. The predicted molar refractivity (Wildman–Crippen MR) is 118 cm³/mol. The predicted octanol–water partition coefficient (Wildman–Crippen LogP) is 4.39. The number of nitrogens with zero attached hydrogens (tertiary/aromatic N) is 1. The number of likely N-dealkylation sites (tertiary alicyclic amines) is 1. The number of ether oxygens (including phenoxy) is 1. The van der Waals surface area contributed by atoms with Gasteiger partial charge in [0.2, 0.25) is 0 Å². The summed E-state index contributed by atoms with van der Waals surface area (Å²) >= 11 is 0. The van der Waals surface area contributed by atoms with Crippen LogP contribution >= 0.6 is 0 Å². The molecule has 1 saturated heterocycles. The van der Waals surface area contributed by atoms with E-state index >= 15 is 0 Å². The molecule has 0 spiro atoms. The van der Waals surface area contributed by atoms with Crippen molar-refractivity contribution >= 4 is 22.7 Å². The normalized spacial score (nSPS) is 15.8. The average Bonchev–Trinajstić information content (AvgIpc) is 2.75. The third kappa shape index (κ3) is 4.69. The lowest BCUT2D eigenvalue weighted by Gasteiger charge is -2.32. The molecule has 29 heavy (non-hydrogen) atoms. The van der Waals surface area contributed by atoms with Crippen molar-refractivity contribution in [3.05, 3.63) is 76.7 Å². The molecule has 0 saturated carbocycles. The van der Waals surface area contributed by atoms with Crippen molar-refractivity contribution in [1.29, 1.82) is 0 Å². The Labute approximate surface area is 170 Å². The summed E-state index contributed by atoms with van der Waals surface area (Å²) in [5, 5.41) is 4.38. The molecule has 1 N–H and O–H groups in total. The van der Waals surface area contributed by atoms with Crippen LogP contribution in [0.25, 0.3) is 17.0 Å². The van der Waals surface area contributed by atoms with E-state index in [1.165, 1.54) is 11.6 Å². The van der Waals surface area contributed by atoms with E-state index in [2.05, 4.69) is 46.6 Å². The molecule has 1 aromatic heterocycles. The van der Waals surface area contributed by atoms with E-state index in [1.807, 2.05) is 18.2 Å². The second-order valence-corrected chi connectivity index (χ2v) is 7.34. The maximum atomic E-state index is 12.0. The Morgan fingerprint density at radius 2 is 1.93 bits per heavy atom. The number of rotatable bonds is 6. The Kier molecular flexibility index (Phi) is 5.96. The Balaban J connectivity index is 1.39. The van der Waals surface area contributed by atoms with Gasteiger partial charge in [0.25, 0.3) is 0 Å². The van der Waals surface area contributed by atoms with Gasteiger partial charge in [0, 0.05) is 31.7 Å². The number of methoxy groups -OCH3 is 1. The van der Waals surface area contributed by atoms with Crippen LogP contribution in [0.2, 0.25) is 0 Å². The summed E-state index contributed by atoms with van der Waals surface area (Å²) in [6.45, 7) is 2.99. The van der Waals surface area contributed by atoms with Gasteiger partial charge in [-0.05, 0) is 30.5 Å². The molecule has 0 atom stereocenters. The Hall–Kier alpha value is -3.05. The quantitative estimate of drug-likeness (QED) is 0.633. The number of nitrogens with one attached hydrogen (secondary N) is 1. The van der Waals surface area contributed by atoms with Gasteiger partial charge >= 0.3 is 5.63 Å². The van der Waals surface area contributed by atoms with E-state index in [9.17, 15) is 4.79 Å². The first kappa shape index (κ1) is 19.3. The number of fused-ring (bicyclic) bond motifs is 1. The topological polar surface area (TPSA) is 54.7 Å². The van der Waals surface area contributed by atoms with Crippen LogP contribution < -0.4 is 15.7 Å². The Morgan fingerprint density at radius 1 is 1.14 bits per heavy atom. The average molecular weight is 390 g/mol. The van der Waals surface area contributed by atoms with Gasteiger partial charge in [0.1, 0.15) is 11.3 Å². The lowest BCUT2D eigenvalue weighted by atomic mass is 10.0. The number of hydrogen-bond donors (Lipinski definition) is 1. The third-order valence-electron chi connectivity index (χ3n) is 5.37. The Morgan fingerprint density at radius 3 is 2.69 bits per heavy atom. The first-order valence-corrected chi connectivity index (χ1v) is 10.0. The van der Waals surface area contributed by atoms with E-state index in [-0.39, 0.29) is 5.63 Å². The second-order valence-electron chi connectivity index (χ2n) is 7.34. The van der Waals surface area contributed by atoms with Gasteiger partial charge in [-0.2, -0.15) is 0 Å². The first-order valence-electron chi connectivity index (χ1n) is 10.0. The van der Waals surface area contributed by atoms with E-state index < -0.39 is 0 Å². The van der Waals surface area contributed by atoms with Crippen LogP contribution in [0.4, 0.5) is 5.69 Å². The van der Waals surface area contributed by atoms with Gasteiger partial charge in [0.15, 0.2) is 0 Å². The zero-order chi connectivity index (χ0) is 20.1. The van der Waals surface area contributed by atoms with Crippen molar-refractivity contribution in [3.8, 4) is 5.75 Å². The molecule has 0 unspecified atom stereocenters. The highest BCUT2D eigenvalue weighted by molar-refractivity contribution is 5.95. The summed E-state index contributed by atoms with van der Waals surface area (Å²) in [7, 11) is 1.63. The smallest absolute Gasteiger partial charge is 0.338 e. The molecule has 2 aromatic carbocycles.